The molecule has 3 aromatic rings. The van der Waals surface area contributed by atoms with Gasteiger partial charge in [0.25, 0.3) is 17.7 Å². The van der Waals surface area contributed by atoms with Crippen molar-refractivity contribution in [2.75, 3.05) is 44.2 Å². The maximum atomic E-state index is 15.6. The molecule has 4 aliphatic heterocycles. The molecule has 2 aromatic carbocycles. The van der Waals surface area contributed by atoms with Crippen LogP contribution in [0.1, 0.15) is 45.5 Å². The van der Waals surface area contributed by atoms with Crippen molar-refractivity contribution in [1.82, 2.24) is 25.2 Å². The molecule has 5 heterocycles. The summed E-state index contributed by atoms with van der Waals surface area (Å²) in [4.78, 5) is 55.9. The van der Waals surface area contributed by atoms with E-state index in [1.807, 2.05) is 4.90 Å². The number of halogens is 4. The van der Waals surface area contributed by atoms with Crippen LogP contribution in [-0.2, 0) is 16.1 Å². The average Bonchev–Trinajstić information content (AvgIpc) is 3.57. The molecule has 15 heteroatoms. The fourth-order valence-electron chi connectivity index (χ4n) is 6.89. The van der Waals surface area contributed by atoms with Crippen LogP contribution in [-0.4, -0.2) is 101 Å². The van der Waals surface area contributed by atoms with E-state index in [0.717, 1.165) is 15.9 Å². The number of nitrogens with zero attached hydrogens (tertiary/aromatic N) is 5. The highest BCUT2D eigenvalue weighted by molar-refractivity contribution is 6.06. The number of amides is 4. The van der Waals surface area contributed by atoms with Crippen LogP contribution in [0.4, 0.5) is 23.4 Å². The number of piperidine rings is 2. The first-order valence-electron chi connectivity index (χ1n) is 14.7. The Kier molecular flexibility index (Phi) is 7.02. The third-order valence-electron chi connectivity index (χ3n) is 9.14. The molecule has 0 saturated carbocycles. The molecule has 2 atom stereocenters. The van der Waals surface area contributed by atoms with Gasteiger partial charge in [-0.05, 0) is 42.7 Å². The second kappa shape index (κ2) is 10.8. The van der Waals surface area contributed by atoms with Gasteiger partial charge in [0, 0.05) is 57.3 Å². The van der Waals surface area contributed by atoms with E-state index in [1.165, 1.54) is 18.2 Å². The molecule has 3 saturated heterocycles. The Labute approximate surface area is 253 Å². The van der Waals surface area contributed by atoms with Gasteiger partial charge in [0.05, 0.1) is 23.5 Å². The summed E-state index contributed by atoms with van der Waals surface area (Å²) in [5.74, 6) is -6.76. The van der Waals surface area contributed by atoms with E-state index in [0.29, 0.717) is 43.0 Å². The van der Waals surface area contributed by atoms with Gasteiger partial charge in [-0.2, -0.15) is 0 Å². The third kappa shape index (κ3) is 5.08. The molecule has 11 nitrogen and oxygen atoms in total. The summed E-state index contributed by atoms with van der Waals surface area (Å²) in [5.41, 5.74) is 0.0482. The highest BCUT2D eigenvalue weighted by Crippen LogP contribution is 2.35. The molecule has 3 fully saturated rings. The van der Waals surface area contributed by atoms with E-state index in [4.69, 9.17) is 4.52 Å². The van der Waals surface area contributed by atoms with E-state index < -0.39 is 59.8 Å². The van der Waals surface area contributed by atoms with E-state index in [9.17, 15) is 23.6 Å². The zero-order valence-electron chi connectivity index (χ0n) is 23.9. The van der Waals surface area contributed by atoms with Crippen LogP contribution in [0.25, 0.3) is 11.0 Å². The summed E-state index contributed by atoms with van der Waals surface area (Å²) in [6.07, 6.45) is 0.124. The number of rotatable bonds is 4. The van der Waals surface area contributed by atoms with Crippen LogP contribution in [0.15, 0.2) is 34.9 Å². The number of hydrogen-bond donors (Lipinski definition) is 1. The van der Waals surface area contributed by atoms with Crippen molar-refractivity contribution in [3.8, 4) is 0 Å². The standard InChI is InChI=1S/C30H28F4N6O5/c31-18-1-2-19-22(13-18)45-36-26(19)38-9-7-37(8-10-38)23-5-6-39(15-30(23,33)34)28(43)16-11-17-14-40(29(44)25(17)20(32)12-16)21-3-4-24(41)35-27(21)42/h1-2,11-13,21,23H,3-10,14-15H2,(H,35,41,42). The number of alkyl halides is 2. The first-order chi connectivity index (χ1) is 21.5. The molecule has 4 amide bonds. The van der Waals surface area contributed by atoms with E-state index in [2.05, 4.69) is 10.5 Å². The number of carbonyl (C=O) groups is 4. The van der Waals surface area contributed by atoms with Crippen molar-refractivity contribution >= 4 is 40.4 Å². The van der Waals surface area contributed by atoms with E-state index in [1.54, 1.807) is 11.0 Å². The first-order valence-corrected chi connectivity index (χ1v) is 14.7. The molecule has 1 aromatic heterocycles. The zero-order valence-corrected chi connectivity index (χ0v) is 23.9. The summed E-state index contributed by atoms with van der Waals surface area (Å²) in [6.45, 7) is 0.460. The molecule has 0 radical (unpaired) electrons. The lowest BCUT2D eigenvalue weighted by Crippen LogP contribution is -2.62. The SMILES string of the molecule is O=C1CCC(N2Cc3cc(C(=O)N4CCC(N5CCN(c6noc7cc(F)ccc67)CC5)C(F)(F)C4)cc(F)c3C2=O)C(=O)N1. The predicted molar refractivity (Wildman–Crippen MR) is 149 cm³/mol. The van der Waals surface area contributed by atoms with Gasteiger partial charge in [0.2, 0.25) is 11.8 Å². The second-order valence-electron chi connectivity index (χ2n) is 11.9. The van der Waals surface area contributed by atoms with Gasteiger partial charge in [0.1, 0.15) is 17.7 Å². The highest BCUT2D eigenvalue weighted by atomic mass is 19.3. The fraction of sp³-hybridized carbons (Fsp3) is 0.433. The molecule has 236 valence electrons. The highest BCUT2D eigenvalue weighted by Gasteiger charge is 2.49. The maximum Gasteiger partial charge on any atom is 0.280 e. The van der Waals surface area contributed by atoms with Crippen LogP contribution in [0.5, 0.6) is 0 Å². The molecule has 0 bridgehead atoms. The molecule has 45 heavy (non-hydrogen) atoms. The average molecular weight is 629 g/mol. The van der Waals surface area contributed by atoms with Crippen LogP contribution < -0.4 is 10.2 Å². The summed E-state index contributed by atoms with van der Waals surface area (Å²) in [6, 6.07) is 4.24. The monoisotopic (exact) mass is 628 g/mol. The fourth-order valence-corrected chi connectivity index (χ4v) is 6.89. The second-order valence-corrected chi connectivity index (χ2v) is 11.9. The van der Waals surface area contributed by atoms with Crippen LogP contribution in [0, 0.1) is 11.6 Å². The van der Waals surface area contributed by atoms with Crippen LogP contribution in [0.3, 0.4) is 0 Å². The van der Waals surface area contributed by atoms with Gasteiger partial charge in [-0.3, -0.25) is 29.4 Å². The largest absolute Gasteiger partial charge is 0.354 e. The van der Waals surface area contributed by atoms with Crippen molar-refractivity contribution in [2.45, 2.75) is 43.8 Å². The minimum atomic E-state index is -3.25. The van der Waals surface area contributed by atoms with E-state index >= 15 is 13.2 Å². The van der Waals surface area contributed by atoms with Gasteiger partial charge in [-0.25, -0.2) is 17.6 Å². The number of fused-ring (bicyclic) bond motifs is 2. The number of anilines is 1. The predicted octanol–water partition coefficient (Wildman–Crippen LogP) is 2.54. The summed E-state index contributed by atoms with van der Waals surface area (Å²) < 4.78 is 65.1. The van der Waals surface area contributed by atoms with Gasteiger partial charge < -0.3 is 19.2 Å². The van der Waals surface area contributed by atoms with Crippen molar-refractivity contribution in [2.24, 2.45) is 0 Å². The molecule has 7 rings (SSSR count). The normalized spacial score (nSPS) is 23.9. The van der Waals surface area contributed by atoms with Crippen molar-refractivity contribution in [3.05, 3.63) is 58.7 Å². The summed E-state index contributed by atoms with van der Waals surface area (Å²) in [7, 11) is 0. The number of benzene rings is 2. The topological polar surface area (TPSA) is 119 Å². The zero-order chi connectivity index (χ0) is 31.6. The lowest BCUT2D eigenvalue weighted by molar-refractivity contribution is -0.136. The first kappa shape index (κ1) is 29.2. The number of likely N-dealkylation sites (tertiary alicyclic amines) is 1. The number of nitrogens with one attached hydrogen (secondary N) is 1. The van der Waals surface area contributed by atoms with Gasteiger partial charge >= 0.3 is 0 Å². The molecule has 0 aliphatic carbocycles. The molecular weight excluding hydrogens is 600 g/mol. The Hall–Kier alpha value is -4.53. The molecular formula is C30H28F4N6O5. The van der Waals surface area contributed by atoms with Crippen molar-refractivity contribution in [1.29, 1.82) is 0 Å². The number of imide groups is 1. The number of hydrogen-bond acceptors (Lipinski definition) is 8. The lowest BCUT2D eigenvalue weighted by atomic mass is 9.96. The smallest absolute Gasteiger partial charge is 0.280 e. The molecule has 0 spiro atoms. The van der Waals surface area contributed by atoms with Crippen molar-refractivity contribution in [3.63, 3.8) is 0 Å². The number of aromatic nitrogens is 1. The van der Waals surface area contributed by atoms with Gasteiger partial charge in [0.15, 0.2) is 11.4 Å². The third-order valence-corrected chi connectivity index (χ3v) is 9.14. The number of carbonyl (C=O) groups excluding carboxylic acids is 4. The van der Waals surface area contributed by atoms with Gasteiger partial charge in [-0.15, -0.1) is 0 Å². The minimum Gasteiger partial charge on any atom is -0.354 e. The molecule has 4 aliphatic rings. The summed E-state index contributed by atoms with van der Waals surface area (Å²) >= 11 is 0. The Morgan fingerprint density at radius 2 is 1.78 bits per heavy atom. The number of piperazine rings is 1. The minimum absolute atomic E-state index is 0.000105. The van der Waals surface area contributed by atoms with Crippen LogP contribution >= 0.6 is 0 Å². The maximum absolute atomic E-state index is 15.6. The Bertz CT molecular complexity index is 1740. The Balaban J connectivity index is 1.00. The van der Waals surface area contributed by atoms with Crippen LogP contribution in [0.2, 0.25) is 0 Å². The lowest BCUT2D eigenvalue weighted by Gasteiger charge is -2.46. The Morgan fingerprint density at radius 3 is 2.51 bits per heavy atom. The quantitative estimate of drug-likeness (QED) is 0.346. The molecule has 2 unspecified atom stereocenters. The van der Waals surface area contributed by atoms with E-state index in [-0.39, 0.29) is 49.0 Å². The van der Waals surface area contributed by atoms with Gasteiger partial charge in [-0.1, -0.05) is 5.16 Å². The molecule has 1 N–H and O–H groups in total. The van der Waals surface area contributed by atoms with Crippen molar-refractivity contribution < 1.29 is 41.3 Å². The summed E-state index contributed by atoms with van der Waals surface area (Å²) in [5, 5.41) is 6.85. The Morgan fingerprint density at radius 1 is 1.00 bits per heavy atom.